The van der Waals surface area contributed by atoms with Gasteiger partial charge in [0.05, 0.1) is 16.9 Å². The van der Waals surface area contributed by atoms with Crippen LogP contribution in [0.3, 0.4) is 0 Å². The van der Waals surface area contributed by atoms with Gasteiger partial charge in [-0.3, -0.25) is 9.67 Å². The van der Waals surface area contributed by atoms with Gasteiger partial charge in [0.15, 0.2) is 11.4 Å². The average molecular weight is 430 g/mol. The second-order valence-electron chi connectivity index (χ2n) is 8.32. The van der Waals surface area contributed by atoms with Crippen LogP contribution in [0.15, 0.2) is 47.5 Å². The topological polar surface area (TPSA) is 82.8 Å². The third kappa shape index (κ3) is 3.03. The molecule has 7 heteroatoms. The Morgan fingerprint density at radius 3 is 2.87 bits per heavy atom. The van der Waals surface area contributed by atoms with Gasteiger partial charge in [0.1, 0.15) is 5.76 Å². The third-order valence-electron chi connectivity index (χ3n) is 6.36. The van der Waals surface area contributed by atoms with E-state index in [9.17, 15) is 0 Å². The van der Waals surface area contributed by atoms with Gasteiger partial charge in [-0.15, -0.1) is 11.3 Å². The van der Waals surface area contributed by atoms with E-state index in [1.165, 1.54) is 37.0 Å². The zero-order valence-electron chi connectivity index (χ0n) is 17.3. The van der Waals surface area contributed by atoms with E-state index in [1.54, 1.807) is 11.3 Å². The van der Waals surface area contributed by atoms with Crippen LogP contribution in [0, 0.1) is 6.92 Å². The van der Waals surface area contributed by atoms with E-state index in [-0.39, 0.29) is 0 Å². The van der Waals surface area contributed by atoms with Gasteiger partial charge in [0.25, 0.3) is 0 Å². The van der Waals surface area contributed by atoms with E-state index in [1.807, 2.05) is 30.9 Å². The maximum Gasteiger partial charge on any atom is 0.177 e. The summed E-state index contributed by atoms with van der Waals surface area (Å²) in [5.74, 6) is 1.22. The molecule has 1 fully saturated rings. The van der Waals surface area contributed by atoms with Gasteiger partial charge in [0, 0.05) is 57.1 Å². The summed E-state index contributed by atoms with van der Waals surface area (Å²) in [5, 5.41) is 6.80. The molecule has 0 aliphatic heterocycles. The highest BCUT2D eigenvalue weighted by molar-refractivity contribution is 7.19. The number of nitrogens with two attached hydrogens (primary N) is 1. The maximum absolute atomic E-state index is 6.29. The molecule has 156 valence electrons. The van der Waals surface area contributed by atoms with Crippen LogP contribution in [0.1, 0.15) is 43.0 Å². The van der Waals surface area contributed by atoms with Crippen LogP contribution in [0.25, 0.3) is 43.5 Å². The first-order valence-electron chi connectivity index (χ1n) is 10.7. The highest BCUT2D eigenvalue weighted by Gasteiger charge is 2.21. The lowest BCUT2D eigenvalue weighted by atomic mass is 9.96. The van der Waals surface area contributed by atoms with Crippen molar-refractivity contribution in [2.24, 2.45) is 0 Å². The number of furan rings is 1. The molecule has 0 saturated heterocycles. The van der Waals surface area contributed by atoms with E-state index in [4.69, 9.17) is 10.2 Å². The van der Waals surface area contributed by atoms with Crippen LogP contribution in [0.2, 0.25) is 0 Å². The second-order valence-corrected chi connectivity index (χ2v) is 9.57. The van der Waals surface area contributed by atoms with E-state index < -0.39 is 0 Å². The molecule has 0 atom stereocenters. The van der Waals surface area contributed by atoms with Crippen molar-refractivity contribution in [1.29, 1.82) is 0 Å². The van der Waals surface area contributed by atoms with Crippen LogP contribution in [0.5, 0.6) is 0 Å². The molecule has 5 aromatic heterocycles. The first-order chi connectivity index (χ1) is 15.2. The Balaban J connectivity index is 1.48. The monoisotopic (exact) mass is 429 g/mol. The molecule has 0 aromatic carbocycles. The summed E-state index contributed by atoms with van der Waals surface area (Å²) in [6.07, 6.45) is 15.9. The van der Waals surface area contributed by atoms with Gasteiger partial charge in [-0.05, 0) is 31.9 Å². The standard InChI is InChI=1S/C24H23N5OS/c1-14-22(17-7-8-26-12-21(17)31-14)20-9-18-19(11-27-24(25)23(18)30-20)15-10-28-29(13-15)16-5-3-2-4-6-16/h7-13,16H,2-6H2,1H3,(H2,25,27). The third-order valence-corrected chi connectivity index (χ3v) is 7.42. The number of nitrogens with zero attached hydrogens (tertiary/aromatic N) is 4. The largest absolute Gasteiger partial charge is 0.452 e. The fourth-order valence-electron chi connectivity index (χ4n) is 4.80. The van der Waals surface area contributed by atoms with Crippen LogP contribution < -0.4 is 5.73 Å². The Kier molecular flexibility index (Phi) is 4.31. The lowest BCUT2D eigenvalue weighted by Crippen LogP contribution is -2.12. The van der Waals surface area contributed by atoms with Crippen molar-refractivity contribution in [3.63, 3.8) is 0 Å². The van der Waals surface area contributed by atoms with E-state index in [0.717, 1.165) is 37.9 Å². The number of nitrogen functional groups attached to an aromatic ring is 1. The van der Waals surface area contributed by atoms with Crippen LogP contribution in [0.4, 0.5) is 5.82 Å². The Morgan fingerprint density at radius 2 is 2.00 bits per heavy atom. The molecule has 2 N–H and O–H groups in total. The highest BCUT2D eigenvalue weighted by atomic mass is 32.1. The Hall–Kier alpha value is -3.19. The molecule has 1 aliphatic rings. The van der Waals surface area contributed by atoms with Gasteiger partial charge in [-0.1, -0.05) is 19.3 Å². The molecule has 0 spiro atoms. The SMILES string of the molecule is Cc1sc2cnccc2c1-c1cc2c(-c3cnn(C4CCCCC4)c3)cnc(N)c2o1. The molecule has 6 nitrogen and oxygen atoms in total. The average Bonchev–Trinajstić information content (AvgIpc) is 3.51. The molecule has 0 amide bonds. The smallest absolute Gasteiger partial charge is 0.177 e. The molecular formula is C24H23N5OS. The lowest BCUT2D eigenvalue weighted by molar-refractivity contribution is 0.329. The molecule has 5 aromatic rings. The number of anilines is 1. The highest BCUT2D eigenvalue weighted by Crippen LogP contribution is 2.42. The quantitative estimate of drug-likeness (QED) is 0.361. The molecule has 5 heterocycles. The first kappa shape index (κ1) is 18.6. The fourth-order valence-corrected chi connectivity index (χ4v) is 5.84. The zero-order valence-corrected chi connectivity index (χ0v) is 18.2. The maximum atomic E-state index is 6.29. The van der Waals surface area contributed by atoms with Crippen LogP contribution in [-0.2, 0) is 0 Å². The van der Waals surface area contributed by atoms with Crippen molar-refractivity contribution in [3.05, 3.63) is 48.0 Å². The van der Waals surface area contributed by atoms with Gasteiger partial charge in [-0.2, -0.15) is 5.10 Å². The molecule has 0 bridgehead atoms. The normalized spacial score (nSPS) is 15.3. The number of thiophene rings is 1. The Morgan fingerprint density at radius 1 is 1.13 bits per heavy atom. The number of aryl methyl sites for hydroxylation is 1. The molecule has 0 unspecified atom stereocenters. The minimum absolute atomic E-state index is 0.406. The van der Waals surface area contributed by atoms with Crippen molar-refractivity contribution in [2.75, 3.05) is 5.73 Å². The number of pyridine rings is 2. The van der Waals surface area contributed by atoms with Crippen molar-refractivity contribution in [1.82, 2.24) is 19.7 Å². The number of rotatable bonds is 3. The second kappa shape index (κ2) is 7.20. The molecule has 31 heavy (non-hydrogen) atoms. The summed E-state index contributed by atoms with van der Waals surface area (Å²) >= 11 is 1.72. The first-order valence-corrected chi connectivity index (χ1v) is 11.6. The molecule has 6 rings (SSSR count). The van der Waals surface area contributed by atoms with Gasteiger partial charge >= 0.3 is 0 Å². The number of fused-ring (bicyclic) bond motifs is 2. The number of hydrogen-bond acceptors (Lipinski definition) is 6. The van der Waals surface area contributed by atoms with Gasteiger partial charge in [-0.25, -0.2) is 4.98 Å². The summed E-state index contributed by atoms with van der Waals surface area (Å²) in [6, 6.07) is 4.63. The molecule has 0 radical (unpaired) electrons. The van der Waals surface area contributed by atoms with E-state index in [2.05, 4.69) is 38.9 Å². The number of hydrogen-bond donors (Lipinski definition) is 1. The minimum atomic E-state index is 0.406. The van der Waals surface area contributed by atoms with Crippen molar-refractivity contribution < 1.29 is 4.42 Å². The van der Waals surface area contributed by atoms with Crippen LogP contribution >= 0.6 is 11.3 Å². The summed E-state index contributed by atoms with van der Waals surface area (Å²) < 4.78 is 9.56. The predicted octanol–water partition coefficient (Wildman–Crippen LogP) is 6.36. The zero-order chi connectivity index (χ0) is 20.9. The van der Waals surface area contributed by atoms with Gasteiger partial charge in [0.2, 0.25) is 0 Å². The molecule has 1 saturated carbocycles. The summed E-state index contributed by atoms with van der Waals surface area (Å²) in [7, 11) is 0. The van der Waals surface area contributed by atoms with Crippen molar-refractivity contribution in [3.8, 4) is 22.5 Å². The fraction of sp³-hybridized carbons (Fsp3) is 0.292. The molecular weight excluding hydrogens is 406 g/mol. The van der Waals surface area contributed by atoms with E-state index >= 15 is 0 Å². The van der Waals surface area contributed by atoms with Crippen molar-refractivity contribution >= 4 is 38.2 Å². The summed E-state index contributed by atoms with van der Waals surface area (Å²) in [4.78, 5) is 9.87. The van der Waals surface area contributed by atoms with E-state index in [0.29, 0.717) is 17.4 Å². The minimum Gasteiger partial charge on any atom is -0.452 e. The summed E-state index contributed by atoms with van der Waals surface area (Å²) in [5.41, 5.74) is 9.99. The Bertz CT molecular complexity index is 1410. The van der Waals surface area contributed by atoms with Crippen molar-refractivity contribution in [2.45, 2.75) is 45.1 Å². The van der Waals surface area contributed by atoms with Crippen LogP contribution in [-0.4, -0.2) is 19.7 Å². The summed E-state index contributed by atoms with van der Waals surface area (Å²) in [6.45, 7) is 2.11. The Labute approximate surface area is 183 Å². The molecule has 1 aliphatic carbocycles. The predicted molar refractivity (Wildman–Crippen MR) is 125 cm³/mol. The van der Waals surface area contributed by atoms with Gasteiger partial charge < -0.3 is 10.2 Å². The number of aromatic nitrogens is 4. The lowest BCUT2D eigenvalue weighted by Gasteiger charge is -2.21.